The number of amides is 2. The highest BCUT2D eigenvalue weighted by atomic mass is 32.2. The fraction of sp³-hybridized carbons (Fsp3) is 0.462. The summed E-state index contributed by atoms with van der Waals surface area (Å²) in [5.74, 6) is 1.42. The molecule has 2 aromatic rings. The molecule has 1 heterocycles. The van der Waals surface area contributed by atoms with Crippen LogP contribution in [0.25, 0.3) is 10.8 Å². The van der Waals surface area contributed by atoms with Gasteiger partial charge in [0.05, 0.1) is 25.4 Å². The van der Waals surface area contributed by atoms with E-state index in [1.54, 1.807) is 6.92 Å². The van der Waals surface area contributed by atoms with Gasteiger partial charge in [0, 0.05) is 25.2 Å². The summed E-state index contributed by atoms with van der Waals surface area (Å²) in [5.41, 5.74) is 1.25. The van der Waals surface area contributed by atoms with E-state index in [2.05, 4.69) is 58.7 Å². The van der Waals surface area contributed by atoms with Crippen LogP contribution in [0, 0.1) is 12.3 Å². The molecule has 2 atom stereocenters. The molecule has 0 aliphatic carbocycles. The molecule has 1 saturated heterocycles. The highest BCUT2D eigenvalue weighted by Gasteiger charge is 2.33. The molecule has 0 spiro atoms. The number of likely N-dealkylation sites (tertiary alicyclic amines) is 1. The maximum absolute atomic E-state index is 12.5. The Bertz CT molecular complexity index is 1190. The first-order valence-electron chi connectivity index (χ1n) is 11.8. The molecule has 0 aromatic heterocycles. The quantitative estimate of drug-likeness (QED) is 0.515. The lowest BCUT2D eigenvalue weighted by Crippen LogP contribution is -2.51. The van der Waals surface area contributed by atoms with Crippen molar-refractivity contribution in [2.45, 2.75) is 44.8 Å². The van der Waals surface area contributed by atoms with Crippen molar-refractivity contribution >= 4 is 32.6 Å². The van der Waals surface area contributed by atoms with Crippen LogP contribution in [0.4, 0.5) is 0 Å². The van der Waals surface area contributed by atoms with E-state index in [1.165, 1.54) is 20.6 Å². The number of rotatable bonds is 9. The van der Waals surface area contributed by atoms with Gasteiger partial charge < -0.3 is 10.6 Å². The van der Waals surface area contributed by atoms with E-state index < -0.39 is 27.9 Å². The van der Waals surface area contributed by atoms with Gasteiger partial charge in [-0.25, -0.2) is 8.42 Å². The molecule has 0 bridgehead atoms. The maximum atomic E-state index is 12.5. The Labute approximate surface area is 208 Å². The number of nitrogens with zero attached hydrogens (tertiary/aromatic N) is 2. The number of sulfonamides is 1. The third-order valence-electron chi connectivity index (χ3n) is 6.53. The van der Waals surface area contributed by atoms with Gasteiger partial charge in [0.15, 0.2) is 0 Å². The molecular formula is C26H34N4O4S. The molecule has 1 unspecified atom stereocenters. The number of terminal acetylenes is 1. The van der Waals surface area contributed by atoms with Gasteiger partial charge >= 0.3 is 0 Å². The minimum absolute atomic E-state index is 0.181. The fourth-order valence-corrected chi connectivity index (χ4v) is 5.70. The van der Waals surface area contributed by atoms with Crippen LogP contribution < -0.4 is 10.6 Å². The molecule has 1 aliphatic heterocycles. The van der Waals surface area contributed by atoms with Gasteiger partial charge in [-0.05, 0) is 43.0 Å². The normalized spacial score (nSPS) is 17.0. The zero-order chi connectivity index (χ0) is 25.6. The summed E-state index contributed by atoms with van der Waals surface area (Å²) >= 11 is 0. The molecule has 1 aliphatic rings. The van der Waals surface area contributed by atoms with Crippen molar-refractivity contribution in [2.75, 3.05) is 32.4 Å². The smallest absolute Gasteiger partial charge is 0.240 e. The average molecular weight is 499 g/mol. The van der Waals surface area contributed by atoms with E-state index >= 15 is 0 Å². The summed E-state index contributed by atoms with van der Waals surface area (Å²) in [6.45, 7) is 4.68. The van der Waals surface area contributed by atoms with Crippen molar-refractivity contribution in [2.24, 2.45) is 0 Å². The number of carbonyl (C=O) groups excluding carboxylic acids is 2. The van der Waals surface area contributed by atoms with Gasteiger partial charge in [-0.1, -0.05) is 48.4 Å². The minimum atomic E-state index is -3.61. The van der Waals surface area contributed by atoms with Crippen LogP contribution in [0.3, 0.4) is 0 Å². The number of benzene rings is 2. The third-order valence-corrected chi connectivity index (χ3v) is 7.81. The average Bonchev–Trinajstić information content (AvgIpc) is 2.84. The lowest BCUT2D eigenvalue weighted by atomic mass is 9.96. The van der Waals surface area contributed by atoms with E-state index in [0.29, 0.717) is 12.8 Å². The Morgan fingerprint density at radius 3 is 2.43 bits per heavy atom. The minimum Gasteiger partial charge on any atom is -0.346 e. The summed E-state index contributed by atoms with van der Waals surface area (Å²) < 4.78 is 26.3. The highest BCUT2D eigenvalue weighted by molar-refractivity contribution is 7.88. The highest BCUT2D eigenvalue weighted by Crippen LogP contribution is 2.31. The van der Waals surface area contributed by atoms with E-state index in [9.17, 15) is 18.0 Å². The molecule has 2 N–H and O–H groups in total. The SMILES string of the molecule is C#CC(C)NC(=O)CNC(=O)CN(C1CCN([C@H](C)c2cccc3ccccc23)CC1)S(C)(=O)=O. The third kappa shape index (κ3) is 7.04. The van der Waals surface area contributed by atoms with Crippen LogP contribution >= 0.6 is 0 Å². The van der Waals surface area contributed by atoms with E-state index in [4.69, 9.17) is 6.42 Å². The van der Waals surface area contributed by atoms with Crippen molar-refractivity contribution in [3.8, 4) is 12.3 Å². The van der Waals surface area contributed by atoms with Gasteiger partial charge in [0.2, 0.25) is 21.8 Å². The standard InChI is InChI=1S/C26H34N4O4S/c1-5-19(2)28-25(31)17-27-26(32)18-30(35(4,33)34)22-13-15-29(16-14-22)20(3)23-12-8-10-21-9-6-7-11-24(21)23/h1,6-12,19-20,22H,13-18H2,2-4H3,(H,27,32)(H,28,31)/t19?,20-/m1/s1. The molecule has 3 rings (SSSR count). The van der Waals surface area contributed by atoms with Crippen LogP contribution in [0.5, 0.6) is 0 Å². The molecule has 188 valence electrons. The van der Waals surface area contributed by atoms with Crippen molar-refractivity contribution in [1.29, 1.82) is 0 Å². The van der Waals surface area contributed by atoms with E-state index in [-0.39, 0.29) is 25.2 Å². The maximum Gasteiger partial charge on any atom is 0.240 e. The molecule has 0 saturated carbocycles. The lowest BCUT2D eigenvalue weighted by molar-refractivity contribution is -0.126. The number of piperidine rings is 1. The van der Waals surface area contributed by atoms with E-state index in [1.807, 2.05) is 12.1 Å². The Hall–Kier alpha value is -2.93. The Kier molecular flexibility index (Phi) is 8.89. The van der Waals surface area contributed by atoms with Crippen LogP contribution in [-0.2, 0) is 19.6 Å². The summed E-state index contributed by atoms with van der Waals surface area (Å²) in [5, 5.41) is 7.45. The van der Waals surface area contributed by atoms with Crippen molar-refractivity contribution in [3.05, 3.63) is 48.0 Å². The summed E-state index contributed by atoms with van der Waals surface area (Å²) in [6, 6.07) is 14.1. The largest absolute Gasteiger partial charge is 0.346 e. The molecule has 8 nitrogen and oxygen atoms in total. The molecule has 9 heteroatoms. The summed E-state index contributed by atoms with van der Waals surface area (Å²) in [7, 11) is -3.61. The lowest BCUT2D eigenvalue weighted by Gasteiger charge is -2.39. The number of nitrogens with one attached hydrogen (secondary N) is 2. The monoisotopic (exact) mass is 498 g/mol. The van der Waals surface area contributed by atoms with Gasteiger partial charge in [0.1, 0.15) is 0 Å². The molecule has 35 heavy (non-hydrogen) atoms. The molecule has 0 radical (unpaired) electrons. The second kappa shape index (κ2) is 11.7. The van der Waals surface area contributed by atoms with Crippen molar-refractivity contribution in [1.82, 2.24) is 19.8 Å². The van der Waals surface area contributed by atoms with Gasteiger partial charge in [-0.3, -0.25) is 14.5 Å². The topological polar surface area (TPSA) is 98.8 Å². The van der Waals surface area contributed by atoms with Crippen LogP contribution in [0.2, 0.25) is 0 Å². The molecule has 1 fully saturated rings. The number of hydrogen-bond donors (Lipinski definition) is 2. The second-order valence-corrected chi connectivity index (χ2v) is 11.0. The predicted octanol–water partition coefficient (Wildman–Crippen LogP) is 1.88. The first-order chi connectivity index (χ1) is 16.6. The number of hydrogen-bond acceptors (Lipinski definition) is 5. The van der Waals surface area contributed by atoms with Crippen LogP contribution in [-0.4, -0.2) is 74.0 Å². The first kappa shape index (κ1) is 26.7. The zero-order valence-electron chi connectivity index (χ0n) is 20.5. The summed E-state index contributed by atoms with van der Waals surface area (Å²) in [6.07, 6.45) is 7.59. The fourth-order valence-electron chi connectivity index (χ4n) is 4.60. The van der Waals surface area contributed by atoms with Crippen LogP contribution in [0.1, 0.15) is 38.3 Å². The Balaban J connectivity index is 1.60. The number of carbonyl (C=O) groups is 2. The van der Waals surface area contributed by atoms with Gasteiger partial charge in [0.25, 0.3) is 0 Å². The van der Waals surface area contributed by atoms with Gasteiger partial charge in [-0.15, -0.1) is 6.42 Å². The first-order valence-corrected chi connectivity index (χ1v) is 13.7. The molecule has 2 aromatic carbocycles. The zero-order valence-corrected chi connectivity index (χ0v) is 21.3. The van der Waals surface area contributed by atoms with Crippen molar-refractivity contribution < 1.29 is 18.0 Å². The van der Waals surface area contributed by atoms with Crippen molar-refractivity contribution in [3.63, 3.8) is 0 Å². The summed E-state index contributed by atoms with van der Waals surface area (Å²) in [4.78, 5) is 26.6. The number of fused-ring (bicyclic) bond motifs is 1. The Morgan fingerprint density at radius 1 is 1.11 bits per heavy atom. The Morgan fingerprint density at radius 2 is 1.77 bits per heavy atom. The predicted molar refractivity (Wildman–Crippen MR) is 138 cm³/mol. The molecular weight excluding hydrogens is 464 g/mol. The second-order valence-electron chi connectivity index (χ2n) is 9.05. The van der Waals surface area contributed by atoms with E-state index in [0.717, 1.165) is 19.3 Å². The van der Waals surface area contributed by atoms with Crippen LogP contribution in [0.15, 0.2) is 42.5 Å². The molecule has 2 amide bonds. The van der Waals surface area contributed by atoms with Gasteiger partial charge in [-0.2, -0.15) is 4.31 Å².